The van der Waals surface area contributed by atoms with Crippen LogP contribution in [0.25, 0.3) is 22.0 Å². The van der Waals surface area contributed by atoms with E-state index in [1.807, 2.05) is 30.5 Å². The minimum atomic E-state index is -0.873. The van der Waals surface area contributed by atoms with Crippen LogP contribution in [0, 0.1) is 0 Å². The number of carboxylic acid groups (broad SMARTS) is 1. The monoisotopic (exact) mass is 434 g/mol. The van der Waals surface area contributed by atoms with Crippen LogP contribution in [0.15, 0.2) is 42.9 Å². The largest absolute Gasteiger partial charge is 0.465 e. The molecule has 0 radical (unpaired) electrons. The van der Waals surface area contributed by atoms with Crippen molar-refractivity contribution >= 4 is 28.5 Å². The zero-order valence-electron chi connectivity index (χ0n) is 17.8. The number of nitrogens with zero attached hydrogens (tertiary/aromatic N) is 5. The van der Waals surface area contributed by atoms with Crippen molar-refractivity contribution in [2.45, 2.75) is 18.9 Å². The van der Waals surface area contributed by atoms with Crippen LogP contribution in [0.1, 0.15) is 12.8 Å². The summed E-state index contributed by atoms with van der Waals surface area (Å²) in [5.41, 5.74) is 1.82. The third-order valence-corrected chi connectivity index (χ3v) is 6.09. The highest BCUT2D eigenvalue weighted by Crippen LogP contribution is 2.31. The lowest BCUT2D eigenvalue weighted by Gasteiger charge is -2.34. The molecular weight excluding hydrogens is 408 g/mol. The third kappa shape index (κ3) is 4.29. The summed E-state index contributed by atoms with van der Waals surface area (Å²) >= 11 is 0. The van der Waals surface area contributed by atoms with Crippen LogP contribution in [-0.2, 0) is 4.74 Å². The highest BCUT2D eigenvalue weighted by atomic mass is 16.5. The Morgan fingerprint density at radius 2 is 1.91 bits per heavy atom. The molecule has 2 fully saturated rings. The molecule has 2 N–H and O–H groups in total. The average Bonchev–Trinajstić information content (AvgIpc) is 2.84. The van der Waals surface area contributed by atoms with Gasteiger partial charge < -0.3 is 25.0 Å². The molecule has 32 heavy (non-hydrogen) atoms. The summed E-state index contributed by atoms with van der Waals surface area (Å²) in [7, 11) is 0. The predicted molar refractivity (Wildman–Crippen MR) is 122 cm³/mol. The fourth-order valence-corrected chi connectivity index (χ4v) is 4.30. The summed E-state index contributed by atoms with van der Waals surface area (Å²) in [4.78, 5) is 28.7. The molecule has 9 heteroatoms. The number of anilines is 2. The van der Waals surface area contributed by atoms with Crippen LogP contribution in [0.3, 0.4) is 0 Å². The molecule has 0 unspecified atom stereocenters. The summed E-state index contributed by atoms with van der Waals surface area (Å²) in [6.07, 6.45) is 6.48. The van der Waals surface area contributed by atoms with E-state index in [0.717, 1.165) is 59.7 Å². The normalized spacial score (nSPS) is 17.5. The fraction of sp³-hybridized carbons (Fsp3) is 0.391. The number of piperazine rings is 1. The highest BCUT2D eigenvalue weighted by Gasteiger charge is 2.23. The van der Waals surface area contributed by atoms with Crippen molar-refractivity contribution in [2.75, 3.05) is 49.6 Å². The summed E-state index contributed by atoms with van der Waals surface area (Å²) in [6.45, 7) is 3.68. The summed E-state index contributed by atoms with van der Waals surface area (Å²) in [5, 5.41) is 14.8. The number of hydrogen-bond donors (Lipinski definition) is 2. The number of nitrogens with one attached hydrogen (secondary N) is 1. The van der Waals surface area contributed by atoms with E-state index >= 15 is 0 Å². The van der Waals surface area contributed by atoms with E-state index in [9.17, 15) is 9.90 Å². The third-order valence-electron chi connectivity index (χ3n) is 6.09. The highest BCUT2D eigenvalue weighted by molar-refractivity contribution is 5.94. The zero-order valence-corrected chi connectivity index (χ0v) is 17.8. The first kappa shape index (κ1) is 20.4. The van der Waals surface area contributed by atoms with Crippen LogP contribution >= 0.6 is 0 Å². The fourth-order valence-electron chi connectivity index (χ4n) is 4.30. The number of hydrogen-bond acceptors (Lipinski definition) is 7. The predicted octanol–water partition coefficient (Wildman–Crippen LogP) is 3.08. The quantitative estimate of drug-likeness (QED) is 0.646. The Balaban J connectivity index is 1.46. The van der Waals surface area contributed by atoms with Crippen molar-refractivity contribution in [1.29, 1.82) is 0 Å². The topological polar surface area (TPSA) is 104 Å². The Labute approximate surface area is 186 Å². The average molecular weight is 435 g/mol. The van der Waals surface area contributed by atoms with Crippen LogP contribution in [0.5, 0.6) is 0 Å². The van der Waals surface area contributed by atoms with E-state index < -0.39 is 6.09 Å². The maximum atomic E-state index is 11.3. The van der Waals surface area contributed by atoms with Crippen molar-refractivity contribution in [3.8, 4) is 11.3 Å². The van der Waals surface area contributed by atoms with E-state index in [-0.39, 0.29) is 0 Å². The second kappa shape index (κ2) is 8.96. The van der Waals surface area contributed by atoms with Crippen molar-refractivity contribution < 1.29 is 14.6 Å². The molecule has 5 rings (SSSR count). The molecule has 166 valence electrons. The number of pyridine rings is 3. The second-order valence-corrected chi connectivity index (χ2v) is 8.15. The molecular formula is C23H26N6O3. The van der Waals surface area contributed by atoms with Crippen molar-refractivity contribution in [3.63, 3.8) is 0 Å². The lowest BCUT2D eigenvalue weighted by Crippen LogP contribution is -2.48. The van der Waals surface area contributed by atoms with Crippen LogP contribution in [0.2, 0.25) is 0 Å². The Kier molecular flexibility index (Phi) is 5.72. The van der Waals surface area contributed by atoms with Crippen LogP contribution in [0.4, 0.5) is 16.4 Å². The molecule has 5 heterocycles. The molecule has 9 nitrogen and oxygen atoms in total. The number of fused-ring (bicyclic) bond motifs is 1. The molecule has 0 aromatic carbocycles. The van der Waals surface area contributed by atoms with Gasteiger partial charge in [-0.3, -0.25) is 4.98 Å². The van der Waals surface area contributed by atoms with E-state index in [4.69, 9.17) is 9.72 Å². The van der Waals surface area contributed by atoms with Gasteiger partial charge in [0.05, 0.1) is 5.69 Å². The number of ether oxygens (including phenoxy) is 1. The second-order valence-electron chi connectivity index (χ2n) is 8.15. The van der Waals surface area contributed by atoms with Gasteiger partial charge in [-0.15, -0.1) is 0 Å². The van der Waals surface area contributed by atoms with E-state index in [1.54, 1.807) is 12.4 Å². The van der Waals surface area contributed by atoms with Gasteiger partial charge in [0.1, 0.15) is 11.6 Å². The van der Waals surface area contributed by atoms with Gasteiger partial charge in [0.2, 0.25) is 0 Å². The van der Waals surface area contributed by atoms with Crippen LogP contribution < -0.4 is 10.2 Å². The zero-order chi connectivity index (χ0) is 21.9. The molecule has 0 atom stereocenters. The Hall–Kier alpha value is -3.46. The van der Waals surface area contributed by atoms with Crippen molar-refractivity contribution in [1.82, 2.24) is 19.9 Å². The van der Waals surface area contributed by atoms with Gasteiger partial charge in [-0.1, -0.05) is 0 Å². The summed E-state index contributed by atoms with van der Waals surface area (Å²) < 4.78 is 5.45. The summed E-state index contributed by atoms with van der Waals surface area (Å²) in [5.74, 6) is 1.69. The van der Waals surface area contributed by atoms with Crippen LogP contribution in [-0.4, -0.2) is 76.5 Å². The lowest BCUT2D eigenvalue weighted by atomic mass is 10.1. The van der Waals surface area contributed by atoms with Gasteiger partial charge in [-0.2, -0.15) is 0 Å². The van der Waals surface area contributed by atoms with E-state index in [0.29, 0.717) is 32.2 Å². The number of carbonyl (C=O) groups is 1. The summed E-state index contributed by atoms with van der Waals surface area (Å²) in [6, 6.07) is 8.38. The molecule has 3 aromatic rings. The van der Waals surface area contributed by atoms with Gasteiger partial charge in [-0.25, -0.2) is 14.8 Å². The number of rotatable bonds is 4. The Morgan fingerprint density at radius 3 is 2.69 bits per heavy atom. The van der Waals surface area contributed by atoms with Gasteiger partial charge in [0.25, 0.3) is 0 Å². The molecule has 0 aliphatic carbocycles. The van der Waals surface area contributed by atoms with Gasteiger partial charge in [-0.05, 0) is 37.1 Å². The molecule has 0 saturated carbocycles. The molecule has 0 spiro atoms. The first-order valence-corrected chi connectivity index (χ1v) is 11.0. The minimum Gasteiger partial charge on any atom is -0.465 e. The Morgan fingerprint density at radius 1 is 1.09 bits per heavy atom. The maximum absolute atomic E-state index is 11.3. The molecule has 2 aliphatic heterocycles. The van der Waals surface area contributed by atoms with E-state index in [1.165, 1.54) is 4.90 Å². The van der Waals surface area contributed by atoms with Crippen molar-refractivity contribution in [2.24, 2.45) is 0 Å². The SMILES string of the molecule is O=C(O)N1CCN(c2nc(-c3ccnc(NC4CCOCC4)c3)cc3cnccc23)CC1. The minimum absolute atomic E-state index is 0.362. The smallest absolute Gasteiger partial charge is 0.407 e. The molecule has 3 aromatic heterocycles. The first-order chi connectivity index (χ1) is 15.7. The van der Waals surface area contributed by atoms with Gasteiger partial charge in [0, 0.05) is 80.4 Å². The molecule has 0 bridgehead atoms. The van der Waals surface area contributed by atoms with E-state index in [2.05, 4.69) is 20.2 Å². The molecule has 1 amide bonds. The molecule has 2 aliphatic rings. The Bertz CT molecular complexity index is 1110. The number of amides is 1. The number of aromatic nitrogens is 3. The first-order valence-electron chi connectivity index (χ1n) is 11.0. The lowest BCUT2D eigenvalue weighted by molar-refractivity contribution is 0.0904. The standard InChI is InChI=1S/C23H26N6O3/c30-23(31)29-9-7-28(8-10-29)22-19-2-5-24-15-17(19)13-20(27-22)16-1-6-25-21(14-16)26-18-3-11-32-12-4-18/h1-2,5-6,13-15,18H,3-4,7-12H2,(H,25,26)(H,30,31). The van der Waals surface area contributed by atoms with Gasteiger partial charge >= 0.3 is 6.09 Å². The van der Waals surface area contributed by atoms with Crippen molar-refractivity contribution in [3.05, 3.63) is 42.9 Å². The molecule has 2 saturated heterocycles. The maximum Gasteiger partial charge on any atom is 0.407 e. The van der Waals surface area contributed by atoms with Gasteiger partial charge in [0.15, 0.2) is 0 Å².